The Morgan fingerprint density at radius 2 is 1.64 bits per heavy atom. The summed E-state index contributed by atoms with van der Waals surface area (Å²) in [6, 6.07) is 9.01. The number of hydrogen-bond donors (Lipinski definition) is 2. The van der Waals surface area contributed by atoms with Gasteiger partial charge in [-0.3, -0.25) is 9.80 Å². The lowest BCUT2D eigenvalue weighted by atomic mass is 9.87. The molecule has 15 heteroatoms. The van der Waals surface area contributed by atoms with Gasteiger partial charge >= 0.3 is 24.3 Å². The highest BCUT2D eigenvalue weighted by molar-refractivity contribution is 7.11. The van der Waals surface area contributed by atoms with Crippen molar-refractivity contribution in [2.75, 3.05) is 26.7 Å². The Morgan fingerprint density at radius 3 is 2.08 bits per heavy atom. The molecule has 2 aliphatic heterocycles. The molecule has 0 aliphatic carbocycles. The number of hydrogen-bond acceptors (Lipinski definition) is 7. The van der Waals surface area contributed by atoms with Gasteiger partial charge < -0.3 is 19.4 Å². The Hall–Kier alpha value is -2.62. The van der Waals surface area contributed by atoms with Crippen molar-refractivity contribution in [2.45, 2.75) is 63.3 Å². The van der Waals surface area contributed by atoms with Crippen LogP contribution >= 0.6 is 11.3 Å². The molecule has 220 valence electrons. The van der Waals surface area contributed by atoms with E-state index in [9.17, 15) is 26.3 Å². The van der Waals surface area contributed by atoms with E-state index < -0.39 is 24.3 Å². The van der Waals surface area contributed by atoms with Crippen molar-refractivity contribution in [1.29, 1.82) is 0 Å². The highest BCUT2D eigenvalue weighted by Crippen LogP contribution is 2.38. The molecule has 0 amide bonds. The van der Waals surface area contributed by atoms with Crippen molar-refractivity contribution in [1.82, 2.24) is 9.80 Å². The number of ether oxygens (including phenoxy) is 1. The number of aliphatic carboxylic acids is 2. The molecular formula is C24H30F6N2O6S. The van der Waals surface area contributed by atoms with E-state index in [0.717, 1.165) is 57.8 Å². The highest BCUT2D eigenvalue weighted by Gasteiger charge is 2.44. The second-order valence-corrected chi connectivity index (χ2v) is 10.6. The van der Waals surface area contributed by atoms with Crippen LogP contribution < -0.4 is 0 Å². The number of likely N-dealkylation sites (N-methyl/N-ethyl adjacent to an activating group) is 1. The molecule has 8 nitrogen and oxygen atoms in total. The normalized spacial score (nSPS) is 19.3. The zero-order chi connectivity index (χ0) is 29.4. The van der Waals surface area contributed by atoms with E-state index in [2.05, 4.69) is 35.9 Å². The zero-order valence-corrected chi connectivity index (χ0v) is 22.0. The summed E-state index contributed by atoms with van der Waals surface area (Å²) in [7, 11) is 2.18. The lowest BCUT2D eigenvalue weighted by Gasteiger charge is -2.38. The third kappa shape index (κ3) is 10.8. The van der Waals surface area contributed by atoms with Crippen LogP contribution in [0.15, 0.2) is 34.9 Å². The van der Waals surface area contributed by atoms with Crippen molar-refractivity contribution in [2.24, 2.45) is 0 Å². The van der Waals surface area contributed by atoms with Crippen LogP contribution in [-0.2, 0) is 27.4 Å². The molecule has 4 heterocycles. The van der Waals surface area contributed by atoms with Gasteiger partial charge in [0.1, 0.15) is 5.76 Å². The van der Waals surface area contributed by atoms with Gasteiger partial charge in [0, 0.05) is 35.4 Å². The van der Waals surface area contributed by atoms with E-state index in [1.54, 1.807) is 6.26 Å². The van der Waals surface area contributed by atoms with Gasteiger partial charge in [-0.1, -0.05) is 0 Å². The summed E-state index contributed by atoms with van der Waals surface area (Å²) in [5, 5.41) is 14.2. The fraction of sp³-hybridized carbons (Fsp3) is 0.583. The molecule has 2 saturated heterocycles. The van der Waals surface area contributed by atoms with E-state index in [-0.39, 0.29) is 5.60 Å². The summed E-state index contributed by atoms with van der Waals surface area (Å²) in [5.74, 6) is -4.48. The van der Waals surface area contributed by atoms with Crippen LogP contribution in [0.3, 0.4) is 0 Å². The molecule has 0 bridgehead atoms. The minimum absolute atomic E-state index is 0.101. The van der Waals surface area contributed by atoms with E-state index in [4.69, 9.17) is 29.0 Å². The second-order valence-electron chi connectivity index (χ2n) is 9.24. The van der Waals surface area contributed by atoms with E-state index in [1.807, 2.05) is 23.5 Å². The van der Waals surface area contributed by atoms with Crippen LogP contribution in [0, 0.1) is 6.92 Å². The maximum Gasteiger partial charge on any atom is 0.490 e. The Labute approximate surface area is 224 Å². The maximum atomic E-state index is 10.6. The Balaban J connectivity index is 0.000000317. The fourth-order valence-corrected chi connectivity index (χ4v) is 5.07. The first-order valence-corrected chi connectivity index (χ1v) is 12.6. The summed E-state index contributed by atoms with van der Waals surface area (Å²) in [6.07, 6.45) is -4.96. The quantitative estimate of drug-likeness (QED) is 0.462. The summed E-state index contributed by atoms with van der Waals surface area (Å²) in [5.41, 5.74) is 0.101. The van der Waals surface area contributed by atoms with Crippen LogP contribution in [0.1, 0.15) is 34.8 Å². The molecule has 2 aliphatic rings. The summed E-state index contributed by atoms with van der Waals surface area (Å²) in [6.45, 7) is 7.28. The molecule has 1 unspecified atom stereocenters. The number of carbonyl (C=O) groups is 2. The first-order valence-electron chi connectivity index (χ1n) is 11.8. The minimum atomic E-state index is -5.08. The number of nitrogens with zero attached hydrogens (tertiary/aromatic N) is 2. The Morgan fingerprint density at radius 1 is 1.08 bits per heavy atom. The van der Waals surface area contributed by atoms with Gasteiger partial charge in [0.25, 0.3) is 0 Å². The van der Waals surface area contributed by atoms with Crippen molar-refractivity contribution in [3.05, 3.63) is 46.0 Å². The zero-order valence-electron chi connectivity index (χ0n) is 21.2. The molecule has 4 rings (SSSR count). The van der Waals surface area contributed by atoms with Gasteiger partial charge in [0.05, 0.1) is 25.0 Å². The number of alkyl halides is 6. The number of carboxylic acid groups (broad SMARTS) is 2. The van der Waals surface area contributed by atoms with Crippen molar-refractivity contribution in [3.8, 4) is 0 Å². The Bertz CT molecular complexity index is 1020. The molecular weight excluding hydrogens is 558 g/mol. The lowest BCUT2D eigenvalue weighted by Crippen LogP contribution is -2.44. The first-order chi connectivity index (χ1) is 18.0. The van der Waals surface area contributed by atoms with Crippen LogP contribution in [0.2, 0.25) is 0 Å². The van der Waals surface area contributed by atoms with Gasteiger partial charge in [0.2, 0.25) is 0 Å². The monoisotopic (exact) mass is 588 g/mol. The van der Waals surface area contributed by atoms with Crippen LogP contribution in [-0.4, -0.2) is 82.7 Å². The number of thiophene rings is 1. The third-order valence-corrected chi connectivity index (χ3v) is 7.21. The Kier molecular flexibility index (Phi) is 11.4. The van der Waals surface area contributed by atoms with Crippen LogP contribution in [0.25, 0.3) is 0 Å². The topological polar surface area (TPSA) is 103 Å². The minimum Gasteiger partial charge on any atom is -0.475 e. The highest BCUT2D eigenvalue weighted by atomic mass is 32.1. The SMILES string of the molecule is Cc1ccc(CN2CCC3(CC2)CC(N(C)Cc2ccco2)CO3)s1.O=C(O)C(F)(F)F.O=C(O)C(F)(F)F. The van der Waals surface area contributed by atoms with Crippen LogP contribution in [0.5, 0.6) is 0 Å². The molecule has 2 aromatic heterocycles. The lowest BCUT2D eigenvalue weighted by molar-refractivity contribution is -0.193. The second kappa shape index (κ2) is 13.6. The molecule has 1 spiro atoms. The number of carboxylic acids is 2. The molecule has 39 heavy (non-hydrogen) atoms. The molecule has 1 atom stereocenters. The van der Waals surface area contributed by atoms with Crippen molar-refractivity contribution >= 4 is 23.3 Å². The van der Waals surface area contributed by atoms with Crippen molar-refractivity contribution < 1.29 is 55.3 Å². The number of likely N-dealkylation sites (tertiary alicyclic amines) is 1. The molecule has 2 fully saturated rings. The summed E-state index contributed by atoms with van der Waals surface area (Å²) < 4.78 is 75.3. The van der Waals surface area contributed by atoms with E-state index in [0.29, 0.717) is 6.04 Å². The number of aryl methyl sites for hydroxylation is 1. The predicted octanol–water partition coefficient (Wildman–Crippen LogP) is 5.17. The number of rotatable bonds is 5. The van der Waals surface area contributed by atoms with E-state index >= 15 is 0 Å². The standard InChI is InChI=1S/C20H28N2O2S.2C2HF3O2/c1-16-5-6-19(25-16)14-22-9-7-20(8-10-22)12-17(15-24-20)21(2)13-18-4-3-11-23-18;2*3-2(4,5)1(6)7/h3-6,11,17H,7-10,12-15H2,1-2H3;2*(H,6,7). The van der Waals surface area contributed by atoms with E-state index in [1.165, 1.54) is 9.75 Å². The van der Waals surface area contributed by atoms with Gasteiger partial charge in [-0.05, 0) is 57.5 Å². The summed E-state index contributed by atoms with van der Waals surface area (Å²) >= 11 is 1.92. The predicted molar refractivity (Wildman–Crippen MR) is 128 cm³/mol. The largest absolute Gasteiger partial charge is 0.490 e. The van der Waals surface area contributed by atoms with Gasteiger partial charge in [-0.15, -0.1) is 11.3 Å². The number of furan rings is 1. The molecule has 0 aromatic carbocycles. The average molecular weight is 589 g/mol. The van der Waals surface area contributed by atoms with Gasteiger partial charge in [-0.25, -0.2) is 9.59 Å². The van der Waals surface area contributed by atoms with Gasteiger partial charge in [0.15, 0.2) is 0 Å². The number of halogens is 6. The number of piperidine rings is 1. The molecule has 2 N–H and O–H groups in total. The van der Waals surface area contributed by atoms with Crippen molar-refractivity contribution in [3.63, 3.8) is 0 Å². The maximum absolute atomic E-state index is 10.6. The van der Waals surface area contributed by atoms with Gasteiger partial charge in [-0.2, -0.15) is 26.3 Å². The average Bonchev–Trinajstić information content (AvgIpc) is 3.58. The molecule has 0 radical (unpaired) electrons. The summed E-state index contributed by atoms with van der Waals surface area (Å²) in [4.78, 5) is 25.6. The third-order valence-electron chi connectivity index (χ3n) is 6.23. The fourth-order valence-electron chi connectivity index (χ4n) is 4.14. The van der Waals surface area contributed by atoms with Crippen LogP contribution in [0.4, 0.5) is 26.3 Å². The first kappa shape index (κ1) is 32.6. The molecule has 0 saturated carbocycles. The smallest absolute Gasteiger partial charge is 0.475 e. The molecule has 2 aromatic rings.